The van der Waals surface area contributed by atoms with Gasteiger partial charge >= 0.3 is 0 Å². The molecule has 3 heteroatoms. The summed E-state index contributed by atoms with van der Waals surface area (Å²) >= 11 is 0. The summed E-state index contributed by atoms with van der Waals surface area (Å²) in [5.74, 6) is 4.22. The highest BCUT2D eigenvalue weighted by molar-refractivity contribution is 6.21. The zero-order valence-corrected chi connectivity index (χ0v) is 9.94. The molecule has 90 valence electrons. The van der Waals surface area contributed by atoms with E-state index in [4.69, 9.17) is 5.73 Å². The van der Waals surface area contributed by atoms with E-state index in [1.807, 2.05) is 30.3 Å². The van der Waals surface area contributed by atoms with Gasteiger partial charge in [-0.25, -0.2) is 0 Å². The van der Waals surface area contributed by atoms with Gasteiger partial charge in [0.25, 0.3) is 5.91 Å². The number of nitrogens with two attached hydrogens (primary N) is 1. The first kappa shape index (κ1) is 11.2. The van der Waals surface area contributed by atoms with Gasteiger partial charge in [-0.15, -0.1) is 0 Å². The lowest BCUT2D eigenvalue weighted by Gasteiger charge is -1.99. The summed E-state index contributed by atoms with van der Waals surface area (Å²) in [5.41, 5.74) is 8.76. The van der Waals surface area contributed by atoms with Crippen molar-refractivity contribution in [3.8, 4) is 23.0 Å². The Bertz CT molecular complexity index is 779. The molecule has 0 unspecified atom stereocenters. The Balaban J connectivity index is 2.14. The monoisotopic (exact) mass is 247 g/mol. The van der Waals surface area contributed by atoms with Crippen LogP contribution in [0.1, 0.15) is 21.5 Å². The van der Waals surface area contributed by atoms with Crippen LogP contribution in [0, 0.1) is 11.8 Å². The van der Waals surface area contributed by atoms with Crippen LogP contribution in [0.4, 0.5) is 0 Å². The molecule has 0 saturated heterocycles. The molecule has 2 aromatic carbocycles. The summed E-state index contributed by atoms with van der Waals surface area (Å²) in [4.78, 5) is 22.9. The number of amides is 1. The van der Waals surface area contributed by atoms with Crippen LogP contribution in [0.25, 0.3) is 11.1 Å². The van der Waals surface area contributed by atoms with Gasteiger partial charge < -0.3 is 5.73 Å². The first-order chi connectivity index (χ1) is 9.16. The number of hydrogen-bond donors (Lipinski definition) is 1. The van der Waals surface area contributed by atoms with Crippen LogP contribution in [0.15, 0.2) is 42.5 Å². The molecule has 0 atom stereocenters. The van der Waals surface area contributed by atoms with Gasteiger partial charge in [0.15, 0.2) is 5.78 Å². The first-order valence-corrected chi connectivity index (χ1v) is 5.76. The van der Waals surface area contributed by atoms with Crippen molar-refractivity contribution in [3.05, 3.63) is 59.2 Å². The van der Waals surface area contributed by atoms with Crippen LogP contribution in [0.3, 0.4) is 0 Å². The molecule has 3 nitrogen and oxygen atoms in total. The number of benzene rings is 2. The van der Waals surface area contributed by atoms with Gasteiger partial charge in [0, 0.05) is 16.7 Å². The highest BCUT2D eigenvalue weighted by Crippen LogP contribution is 2.36. The van der Waals surface area contributed by atoms with Crippen molar-refractivity contribution in [2.24, 2.45) is 5.73 Å². The second-order valence-corrected chi connectivity index (χ2v) is 4.25. The standard InChI is InChI=1S/C16H9NO2/c17-15(18)8-6-10-5-7-12-11-3-1-2-4-13(11)16(19)14(12)9-10/h1-5,7,9H,(H2,17,18). The molecular weight excluding hydrogens is 238 g/mol. The van der Waals surface area contributed by atoms with E-state index in [0.717, 1.165) is 11.1 Å². The van der Waals surface area contributed by atoms with Gasteiger partial charge in [-0.05, 0) is 29.2 Å². The fraction of sp³-hybridized carbons (Fsp3) is 0. The Hall–Kier alpha value is -2.86. The summed E-state index contributed by atoms with van der Waals surface area (Å²) in [6.07, 6.45) is 0. The molecule has 19 heavy (non-hydrogen) atoms. The molecule has 0 bridgehead atoms. The van der Waals surface area contributed by atoms with E-state index in [2.05, 4.69) is 11.8 Å². The van der Waals surface area contributed by atoms with Crippen molar-refractivity contribution < 1.29 is 9.59 Å². The molecule has 0 spiro atoms. The van der Waals surface area contributed by atoms with Gasteiger partial charge in [-0.1, -0.05) is 36.3 Å². The Kier molecular flexibility index (Phi) is 2.43. The lowest BCUT2D eigenvalue weighted by molar-refractivity contribution is -0.112. The smallest absolute Gasteiger partial charge is 0.293 e. The third kappa shape index (κ3) is 1.80. The zero-order chi connectivity index (χ0) is 13.4. The minimum absolute atomic E-state index is 0.00618. The van der Waals surface area contributed by atoms with Crippen LogP contribution in [0.2, 0.25) is 0 Å². The normalized spacial score (nSPS) is 11.3. The minimum Gasteiger partial charge on any atom is -0.359 e. The Labute approximate surface area is 110 Å². The highest BCUT2D eigenvalue weighted by atomic mass is 16.1. The Morgan fingerprint density at radius 3 is 2.37 bits per heavy atom. The number of primary amides is 1. The largest absolute Gasteiger partial charge is 0.359 e. The lowest BCUT2D eigenvalue weighted by atomic mass is 10.0. The summed E-state index contributed by atoms with van der Waals surface area (Å²) < 4.78 is 0. The molecule has 2 N–H and O–H groups in total. The lowest BCUT2D eigenvalue weighted by Crippen LogP contribution is -2.06. The fourth-order valence-corrected chi connectivity index (χ4v) is 2.24. The predicted molar refractivity (Wildman–Crippen MR) is 71.4 cm³/mol. The van der Waals surface area contributed by atoms with Gasteiger partial charge in [0.05, 0.1) is 0 Å². The van der Waals surface area contributed by atoms with Gasteiger partial charge in [-0.2, -0.15) is 0 Å². The van der Waals surface area contributed by atoms with E-state index < -0.39 is 5.91 Å². The van der Waals surface area contributed by atoms with E-state index in [1.54, 1.807) is 12.1 Å². The Morgan fingerprint density at radius 1 is 0.947 bits per heavy atom. The molecule has 2 aromatic rings. The van der Waals surface area contributed by atoms with Crippen LogP contribution in [-0.2, 0) is 4.79 Å². The molecular formula is C16H9NO2. The number of ketones is 1. The average Bonchev–Trinajstić information content (AvgIpc) is 2.71. The number of fused-ring (bicyclic) bond motifs is 3. The summed E-state index contributed by atoms with van der Waals surface area (Å²) in [6, 6.07) is 12.8. The fourth-order valence-electron chi connectivity index (χ4n) is 2.24. The number of rotatable bonds is 0. The number of hydrogen-bond acceptors (Lipinski definition) is 2. The molecule has 1 aliphatic carbocycles. The molecule has 0 aliphatic heterocycles. The van der Waals surface area contributed by atoms with Gasteiger partial charge in [0.2, 0.25) is 0 Å². The maximum atomic E-state index is 12.2. The van der Waals surface area contributed by atoms with Crippen LogP contribution >= 0.6 is 0 Å². The van der Waals surface area contributed by atoms with E-state index in [9.17, 15) is 9.59 Å². The van der Waals surface area contributed by atoms with Crippen LogP contribution < -0.4 is 5.73 Å². The highest BCUT2D eigenvalue weighted by Gasteiger charge is 2.25. The van der Waals surface area contributed by atoms with E-state index in [0.29, 0.717) is 16.7 Å². The van der Waals surface area contributed by atoms with E-state index in [-0.39, 0.29) is 5.78 Å². The topological polar surface area (TPSA) is 60.2 Å². The van der Waals surface area contributed by atoms with Gasteiger partial charge in [-0.3, -0.25) is 9.59 Å². The maximum absolute atomic E-state index is 12.2. The zero-order valence-electron chi connectivity index (χ0n) is 9.94. The van der Waals surface area contributed by atoms with Crippen molar-refractivity contribution in [1.82, 2.24) is 0 Å². The van der Waals surface area contributed by atoms with Gasteiger partial charge in [0.1, 0.15) is 0 Å². The SMILES string of the molecule is NC(=O)C#Cc1ccc2c(c1)C(=O)c1ccccc1-2. The summed E-state index contributed by atoms with van der Waals surface area (Å²) in [6.45, 7) is 0. The second kappa shape index (κ2) is 4.11. The average molecular weight is 247 g/mol. The van der Waals surface area contributed by atoms with Crippen molar-refractivity contribution in [2.45, 2.75) is 0 Å². The number of carbonyl (C=O) groups is 2. The van der Waals surface area contributed by atoms with Crippen molar-refractivity contribution in [2.75, 3.05) is 0 Å². The summed E-state index contributed by atoms with van der Waals surface area (Å²) in [5, 5.41) is 0. The van der Waals surface area contributed by atoms with Crippen molar-refractivity contribution in [1.29, 1.82) is 0 Å². The van der Waals surface area contributed by atoms with Crippen molar-refractivity contribution >= 4 is 11.7 Å². The van der Waals surface area contributed by atoms with Crippen LogP contribution in [0.5, 0.6) is 0 Å². The first-order valence-electron chi connectivity index (χ1n) is 5.76. The number of carbonyl (C=O) groups excluding carboxylic acids is 2. The van der Waals surface area contributed by atoms with E-state index >= 15 is 0 Å². The van der Waals surface area contributed by atoms with Crippen LogP contribution in [-0.4, -0.2) is 11.7 Å². The molecule has 1 amide bonds. The maximum Gasteiger partial charge on any atom is 0.293 e. The predicted octanol–water partition coefficient (Wildman–Crippen LogP) is 1.73. The van der Waals surface area contributed by atoms with E-state index in [1.165, 1.54) is 0 Å². The molecule has 0 aromatic heterocycles. The molecule has 0 saturated carbocycles. The minimum atomic E-state index is -0.685. The van der Waals surface area contributed by atoms with Crippen molar-refractivity contribution in [3.63, 3.8) is 0 Å². The quantitative estimate of drug-likeness (QED) is 0.615. The molecule has 0 heterocycles. The third-order valence-electron chi connectivity index (χ3n) is 3.06. The molecule has 1 aliphatic rings. The Morgan fingerprint density at radius 2 is 1.63 bits per heavy atom. The molecule has 0 fully saturated rings. The third-order valence-corrected chi connectivity index (χ3v) is 3.06. The molecule has 0 radical (unpaired) electrons. The summed E-state index contributed by atoms with van der Waals surface area (Å²) in [7, 11) is 0. The molecule has 3 rings (SSSR count). The second-order valence-electron chi connectivity index (χ2n) is 4.25.